The first-order valence-electron chi connectivity index (χ1n) is 3.43. The fourth-order valence-corrected chi connectivity index (χ4v) is 1.10. The Balaban J connectivity index is 2.94. The Hall–Kier alpha value is -2.11. The lowest BCUT2D eigenvalue weighted by atomic mass is 10.3. The third-order valence-corrected chi connectivity index (χ3v) is 1.68. The van der Waals surface area contributed by atoms with Gasteiger partial charge in [0.2, 0.25) is 5.58 Å². The Morgan fingerprint density at radius 1 is 1.54 bits per heavy atom. The summed E-state index contributed by atoms with van der Waals surface area (Å²) in [6, 6.07) is 1.39. The van der Waals surface area contributed by atoms with Crippen molar-refractivity contribution >= 4 is 16.7 Å². The zero-order valence-electron chi connectivity index (χ0n) is 6.31. The van der Waals surface area contributed by atoms with Crippen LogP contribution in [0.5, 0.6) is 0 Å². The van der Waals surface area contributed by atoms with Crippen LogP contribution in [0.15, 0.2) is 27.7 Å². The van der Waals surface area contributed by atoms with Crippen molar-refractivity contribution in [1.29, 1.82) is 0 Å². The summed E-state index contributed by atoms with van der Waals surface area (Å²) in [5.74, 6) is 0. The number of hydrogen-bond acceptors (Lipinski definition) is 4. The summed E-state index contributed by atoms with van der Waals surface area (Å²) in [7, 11) is 0. The number of fused-ring (bicyclic) bond motifs is 1. The van der Waals surface area contributed by atoms with Crippen LogP contribution in [-0.4, -0.2) is 9.91 Å². The maximum absolute atomic E-state index is 11.1. The highest BCUT2D eigenvalue weighted by atomic mass is 16.6. The number of aromatic nitrogens is 1. The molecule has 6 nitrogen and oxygen atoms in total. The van der Waals surface area contributed by atoms with Crippen LogP contribution in [0, 0.1) is 10.1 Å². The topological polar surface area (TPSA) is 89.1 Å². The SMILES string of the molecule is O=c1[nH]cc([N+](=O)[O-])c2occc12. The van der Waals surface area contributed by atoms with E-state index in [9.17, 15) is 14.9 Å². The van der Waals surface area contributed by atoms with E-state index in [0.717, 1.165) is 6.20 Å². The molecule has 2 rings (SSSR count). The first kappa shape index (κ1) is 7.53. The number of H-pyrrole nitrogens is 1. The molecule has 0 fully saturated rings. The maximum Gasteiger partial charge on any atom is 0.328 e. The highest BCUT2D eigenvalue weighted by Gasteiger charge is 2.16. The van der Waals surface area contributed by atoms with Crippen molar-refractivity contribution in [3.05, 3.63) is 39.0 Å². The highest BCUT2D eigenvalue weighted by Crippen LogP contribution is 2.21. The summed E-state index contributed by atoms with van der Waals surface area (Å²) in [6.07, 6.45) is 2.26. The van der Waals surface area contributed by atoms with Crippen molar-refractivity contribution in [2.24, 2.45) is 0 Å². The fraction of sp³-hybridized carbons (Fsp3) is 0. The molecule has 0 bridgehead atoms. The molecule has 2 aromatic rings. The molecule has 0 aliphatic carbocycles. The second-order valence-corrected chi connectivity index (χ2v) is 2.42. The first-order valence-corrected chi connectivity index (χ1v) is 3.43. The Bertz CT molecular complexity index is 525. The van der Waals surface area contributed by atoms with Crippen LogP contribution in [0.2, 0.25) is 0 Å². The van der Waals surface area contributed by atoms with Crippen molar-refractivity contribution in [2.45, 2.75) is 0 Å². The normalized spacial score (nSPS) is 10.5. The van der Waals surface area contributed by atoms with Gasteiger partial charge < -0.3 is 9.40 Å². The summed E-state index contributed by atoms with van der Waals surface area (Å²) >= 11 is 0. The third kappa shape index (κ3) is 0.994. The number of nitro groups is 1. The van der Waals surface area contributed by atoms with Crippen molar-refractivity contribution in [3.63, 3.8) is 0 Å². The number of nitrogens with one attached hydrogen (secondary N) is 1. The molecule has 0 amide bonds. The van der Waals surface area contributed by atoms with Crippen molar-refractivity contribution in [3.8, 4) is 0 Å². The molecule has 0 saturated carbocycles. The molecular weight excluding hydrogens is 176 g/mol. The van der Waals surface area contributed by atoms with E-state index in [1.54, 1.807) is 0 Å². The molecule has 2 heterocycles. The minimum Gasteiger partial charge on any atom is -0.457 e. The highest BCUT2D eigenvalue weighted by molar-refractivity contribution is 5.83. The summed E-state index contributed by atoms with van der Waals surface area (Å²) < 4.78 is 4.83. The number of nitrogens with zero attached hydrogens (tertiary/aromatic N) is 1. The molecule has 66 valence electrons. The fourth-order valence-electron chi connectivity index (χ4n) is 1.10. The lowest BCUT2D eigenvalue weighted by Crippen LogP contribution is -2.05. The average Bonchev–Trinajstić information content (AvgIpc) is 2.53. The van der Waals surface area contributed by atoms with Gasteiger partial charge >= 0.3 is 5.69 Å². The smallest absolute Gasteiger partial charge is 0.328 e. The molecule has 0 saturated heterocycles. The number of pyridine rings is 1. The Labute approximate surface area is 70.9 Å². The van der Waals surface area contributed by atoms with Crippen LogP contribution in [0.3, 0.4) is 0 Å². The zero-order valence-corrected chi connectivity index (χ0v) is 6.31. The minimum absolute atomic E-state index is 0.00810. The van der Waals surface area contributed by atoms with Gasteiger partial charge in [-0.05, 0) is 6.07 Å². The van der Waals surface area contributed by atoms with Gasteiger partial charge in [0.25, 0.3) is 5.56 Å². The van der Waals surface area contributed by atoms with Crippen molar-refractivity contribution in [2.75, 3.05) is 0 Å². The number of aromatic amines is 1. The van der Waals surface area contributed by atoms with Crippen LogP contribution in [-0.2, 0) is 0 Å². The van der Waals surface area contributed by atoms with Crippen LogP contribution >= 0.6 is 0 Å². The van der Waals surface area contributed by atoms with Crippen molar-refractivity contribution < 1.29 is 9.34 Å². The second-order valence-electron chi connectivity index (χ2n) is 2.42. The van der Waals surface area contributed by atoms with Gasteiger partial charge in [-0.25, -0.2) is 0 Å². The lowest BCUT2D eigenvalue weighted by molar-refractivity contribution is -0.384. The molecule has 13 heavy (non-hydrogen) atoms. The number of rotatable bonds is 1. The molecule has 1 N–H and O–H groups in total. The van der Waals surface area contributed by atoms with Crippen LogP contribution in [0.1, 0.15) is 0 Å². The first-order chi connectivity index (χ1) is 6.20. The zero-order chi connectivity index (χ0) is 9.42. The van der Waals surface area contributed by atoms with Crippen LogP contribution < -0.4 is 5.56 Å². The third-order valence-electron chi connectivity index (χ3n) is 1.68. The summed E-state index contributed by atoms with van der Waals surface area (Å²) in [4.78, 5) is 23.2. The summed E-state index contributed by atoms with van der Waals surface area (Å²) in [6.45, 7) is 0. The molecule has 0 aliphatic heterocycles. The molecule has 2 aromatic heterocycles. The minimum atomic E-state index is -0.609. The predicted molar refractivity (Wildman–Crippen MR) is 43.5 cm³/mol. The second kappa shape index (κ2) is 2.44. The summed E-state index contributed by atoms with van der Waals surface area (Å²) in [5.41, 5.74) is -0.622. The quantitative estimate of drug-likeness (QED) is 0.524. The Morgan fingerprint density at radius 3 is 3.00 bits per heavy atom. The average molecular weight is 180 g/mol. The van der Waals surface area contributed by atoms with Gasteiger partial charge in [-0.1, -0.05) is 0 Å². The molecule has 0 aromatic carbocycles. The maximum atomic E-state index is 11.1. The van der Waals surface area contributed by atoms with E-state index in [4.69, 9.17) is 4.42 Å². The molecule has 0 radical (unpaired) electrons. The van der Waals surface area contributed by atoms with E-state index in [0.29, 0.717) is 0 Å². The number of hydrogen-bond donors (Lipinski definition) is 1. The lowest BCUT2D eigenvalue weighted by Gasteiger charge is -1.90. The molecule has 0 aliphatic rings. The van der Waals surface area contributed by atoms with Gasteiger partial charge in [-0.3, -0.25) is 14.9 Å². The molecular formula is C7H4N2O4. The monoisotopic (exact) mass is 180 g/mol. The van der Waals surface area contributed by atoms with Crippen LogP contribution in [0.4, 0.5) is 5.69 Å². The van der Waals surface area contributed by atoms with Gasteiger partial charge in [0.15, 0.2) is 0 Å². The largest absolute Gasteiger partial charge is 0.457 e. The van der Waals surface area contributed by atoms with E-state index in [1.165, 1.54) is 12.3 Å². The Kier molecular flexibility index (Phi) is 1.42. The molecule has 0 unspecified atom stereocenters. The molecule has 0 atom stereocenters. The van der Waals surface area contributed by atoms with Crippen LogP contribution in [0.25, 0.3) is 11.0 Å². The van der Waals surface area contributed by atoms with E-state index in [1.807, 2.05) is 0 Å². The van der Waals surface area contributed by atoms with Crippen molar-refractivity contribution in [1.82, 2.24) is 4.98 Å². The van der Waals surface area contributed by atoms with Gasteiger partial charge in [0.05, 0.1) is 22.8 Å². The van der Waals surface area contributed by atoms with Gasteiger partial charge in [0.1, 0.15) is 0 Å². The van der Waals surface area contributed by atoms with E-state index in [2.05, 4.69) is 4.98 Å². The summed E-state index contributed by atoms with van der Waals surface area (Å²) in [5, 5.41) is 10.6. The standard InChI is InChI=1S/C7H4N2O4/c10-7-4-1-2-13-6(4)5(3-8-7)9(11)12/h1-3H,(H,8,10). The van der Waals surface area contributed by atoms with E-state index in [-0.39, 0.29) is 16.7 Å². The molecule has 6 heteroatoms. The Morgan fingerprint density at radius 2 is 2.31 bits per heavy atom. The molecule has 0 spiro atoms. The predicted octanol–water partition coefficient (Wildman–Crippen LogP) is 1.03. The van der Waals surface area contributed by atoms with E-state index < -0.39 is 10.5 Å². The van der Waals surface area contributed by atoms with Gasteiger partial charge in [-0.15, -0.1) is 0 Å². The van der Waals surface area contributed by atoms with Gasteiger partial charge in [-0.2, -0.15) is 0 Å². The van der Waals surface area contributed by atoms with Gasteiger partial charge in [0, 0.05) is 0 Å². The number of furan rings is 1. The van der Waals surface area contributed by atoms with E-state index >= 15 is 0 Å².